The Bertz CT molecular complexity index is 1200. The van der Waals surface area contributed by atoms with Gasteiger partial charge in [-0.25, -0.2) is 0 Å². The third-order valence-corrected chi connectivity index (χ3v) is 4.90. The van der Waals surface area contributed by atoms with E-state index in [1.165, 1.54) is 6.07 Å². The van der Waals surface area contributed by atoms with Gasteiger partial charge in [0.15, 0.2) is 5.76 Å². The van der Waals surface area contributed by atoms with Crippen LogP contribution in [0.2, 0.25) is 0 Å². The zero-order valence-corrected chi connectivity index (χ0v) is 17.4. The number of para-hydroxylation sites is 1. The Balaban J connectivity index is 1.28. The molecule has 0 saturated heterocycles. The number of halogens is 1. The maximum Gasteiger partial charge on any atom is 0.305 e. The number of amides is 2. The van der Waals surface area contributed by atoms with E-state index < -0.39 is 5.91 Å². The maximum atomic E-state index is 12.2. The van der Waals surface area contributed by atoms with E-state index in [-0.39, 0.29) is 24.7 Å². The number of ether oxygens (including phenoxy) is 1. The summed E-state index contributed by atoms with van der Waals surface area (Å²) in [6, 6.07) is 18.3. The lowest BCUT2D eigenvalue weighted by molar-refractivity contribution is -0.121. The highest BCUT2D eigenvalue weighted by atomic mass is 79.9. The van der Waals surface area contributed by atoms with Gasteiger partial charge in [-0.1, -0.05) is 40.2 Å². The van der Waals surface area contributed by atoms with Gasteiger partial charge in [-0.2, -0.15) is 0 Å². The zero-order chi connectivity index (χ0) is 20.9. The first-order valence-electron chi connectivity index (χ1n) is 9.20. The average Bonchev–Trinajstić information content (AvgIpc) is 3.38. The molecule has 3 N–H and O–H groups in total. The van der Waals surface area contributed by atoms with Gasteiger partial charge < -0.3 is 14.1 Å². The Morgan fingerprint density at radius 2 is 1.90 bits per heavy atom. The van der Waals surface area contributed by atoms with Crippen molar-refractivity contribution in [1.29, 1.82) is 0 Å². The van der Waals surface area contributed by atoms with Crippen molar-refractivity contribution in [2.24, 2.45) is 0 Å². The minimum absolute atomic E-state index is 0.0789. The second-order valence-electron chi connectivity index (χ2n) is 6.55. The van der Waals surface area contributed by atoms with E-state index in [2.05, 4.69) is 31.8 Å². The number of furan rings is 1. The van der Waals surface area contributed by atoms with Crippen LogP contribution in [0.25, 0.3) is 10.9 Å². The second kappa shape index (κ2) is 8.87. The van der Waals surface area contributed by atoms with Crippen LogP contribution in [-0.2, 0) is 17.8 Å². The van der Waals surface area contributed by atoms with Crippen LogP contribution in [0.1, 0.15) is 21.9 Å². The summed E-state index contributed by atoms with van der Waals surface area (Å²) in [5.41, 5.74) is 6.58. The maximum absolute atomic E-state index is 12.2. The normalized spacial score (nSPS) is 10.7. The van der Waals surface area contributed by atoms with Crippen molar-refractivity contribution in [2.45, 2.75) is 13.0 Å². The molecule has 2 amide bonds. The standard InChI is InChI=1S/C22H18BrN3O4/c23-15-4-3-5-16(11-15)29-13-17-8-9-20(30-17)22(28)26-25-21(27)10-14-12-24-19-7-2-1-6-18(14)19/h1-9,11-12,24H,10,13H2,(H,25,27)(H,26,28). The van der Waals surface area contributed by atoms with Gasteiger partial charge in [0.25, 0.3) is 0 Å². The van der Waals surface area contributed by atoms with E-state index in [1.54, 1.807) is 12.3 Å². The molecule has 0 fully saturated rings. The third-order valence-electron chi connectivity index (χ3n) is 4.40. The molecule has 30 heavy (non-hydrogen) atoms. The number of aromatic nitrogens is 1. The van der Waals surface area contributed by atoms with Crippen LogP contribution in [0.15, 0.2) is 75.8 Å². The molecular formula is C22H18BrN3O4. The molecule has 0 atom stereocenters. The van der Waals surface area contributed by atoms with E-state index in [0.29, 0.717) is 11.5 Å². The molecule has 0 saturated carbocycles. The first-order valence-corrected chi connectivity index (χ1v) is 9.99. The van der Waals surface area contributed by atoms with Gasteiger partial charge in [0.2, 0.25) is 5.91 Å². The van der Waals surface area contributed by atoms with Crippen LogP contribution in [0.3, 0.4) is 0 Å². The number of hydrazine groups is 1. The van der Waals surface area contributed by atoms with Crippen molar-refractivity contribution in [2.75, 3.05) is 0 Å². The Kier molecular flexibility index (Phi) is 5.85. The molecular weight excluding hydrogens is 450 g/mol. The molecule has 7 nitrogen and oxygen atoms in total. The first kappa shape index (κ1) is 19.8. The molecule has 0 aliphatic rings. The van der Waals surface area contributed by atoms with Gasteiger partial charge in [-0.3, -0.25) is 20.4 Å². The zero-order valence-electron chi connectivity index (χ0n) is 15.8. The molecule has 4 rings (SSSR count). The van der Waals surface area contributed by atoms with Crippen molar-refractivity contribution in [3.05, 3.63) is 88.4 Å². The molecule has 8 heteroatoms. The van der Waals surface area contributed by atoms with E-state index in [4.69, 9.17) is 9.15 Å². The predicted molar refractivity (Wildman–Crippen MR) is 115 cm³/mol. The molecule has 2 heterocycles. The Hall–Kier alpha value is -3.52. The molecule has 0 radical (unpaired) electrons. The highest BCUT2D eigenvalue weighted by Crippen LogP contribution is 2.20. The van der Waals surface area contributed by atoms with Crippen molar-refractivity contribution in [1.82, 2.24) is 15.8 Å². The highest BCUT2D eigenvalue weighted by Gasteiger charge is 2.14. The number of aromatic amines is 1. The Morgan fingerprint density at radius 3 is 2.77 bits per heavy atom. The fourth-order valence-corrected chi connectivity index (χ4v) is 3.35. The number of carbonyl (C=O) groups excluding carboxylic acids is 2. The van der Waals surface area contributed by atoms with Gasteiger partial charge in [0.05, 0.1) is 6.42 Å². The van der Waals surface area contributed by atoms with Crippen LogP contribution in [-0.4, -0.2) is 16.8 Å². The summed E-state index contributed by atoms with van der Waals surface area (Å²) < 4.78 is 12.0. The number of nitrogens with one attached hydrogen (secondary N) is 3. The summed E-state index contributed by atoms with van der Waals surface area (Å²) in [5, 5.41) is 0.972. The summed E-state index contributed by atoms with van der Waals surface area (Å²) in [7, 11) is 0. The monoisotopic (exact) mass is 467 g/mol. The minimum Gasteiger partial charge on any atom is -0.486 e. The third kappa shape index (κ3) is 4.72. The smallest absolute Gasteiger partial charge is 0.305 e. The number of H-pyrrole nitrogens is 1. The molecule has 0 aliphatic heterocycles. The molecule has 2 aromatic heterocycles. The average molecular weight is 468 g/mol. The minimum atomic E-state index is -0.545. The molecule has 4 aromatic rings. The molecule has 0 spiro atoms. The van der Waals surface area contributed by atoms with Crippen molar-refractivity contribution in [3.8, 4) is 5.75 Å². The lowest BCUT2D eigenvalue weighted by Gasteiger charge is -2.06. The SMILES string of the molecule is O=C(Cc1c[nH]c2ccccc12)NNC(=O)c1ccc(COc2cccc(Br)c2)o1. The first-order chi connectivity index (χ1) is 14.6. The van der Waals surface area contributed by atoms with Crippen LogP contribution < -0.4 is 15.6 Å². The fraction of sp³-hybridized carbons (Fsp3) is 0.0909. The lowest BCUT2D eigenvalue weighted by atomic mass is 10.1. The van der Waals surface area contributed by atoms with Gasteiger partial charge in [-0.15, -0.1) is 0 Å². The van der Waals surface area contributed by atoms with Gasteiger partial charge in [0, 0.05) is 21.6 Å². The van der Waals surface area contributed by atoms with Gasteiger partial charge >= 0.3 is 5.91 Å². The quantitative estimate of drug-likeness (QED) is 0.371. The topological polar surface area (TPSA) is 96.4 Å². The van der Waals surface area contributed by atoms with Gasteiger partial charge in [0.1, 0.15) is 18.1 Å². The number of hydrogen-bond donors (Lipinski definition) is 3. The summed E-state index contributed by atoms with van der Waals surface area (Å²) in [6.07, 6.45) is 1.92. The fourth-order valence-electron chi connectivity index (χ4n) is 2.97. The number of carbonyl (C=O) groups is 2. The van der Waals surface area contributed by atoms with E-state index in [9.17, 15) is 9.59 Å². The number of fused-ring (bicyclic) bond motifs is 1. The molecule has 0 aliphatic carbocycles. The Labute approximate surface area is 180 Å². The van der Waals surface area contributed by atoms with E-state index in [0.717, 1.165) is 20.9 Å². The van der Waals surface area contributed by atoms with Crippen LogP contribution in [0, 0.1) is 0 Å². The lowest BCUT2D eigenvalue weighted by Crippen LogP contribution is -2.42. The van der Waals surface area contributed by atoms with E-state index in [1.807, 2.05) is 48.5 Å². The second-order valence-corrected chi connectivity index (χ2v) is 7.47. The van der Waals surface area contributed by atoms with Crippen LogP contribution >= 0.6 is 15.9 Å². The largest absolute Gasteiger partial charge is 0.486 e. The van der Waals surface area contributed by atoms with Crippen molar-refractivity contribution < 1.29 is 18.7 Å². The van der Waals surface area contributed by atoms with Gasteiger partial charge in [-0.05, 0) is 42.0 Å². The molecule has 152 valence electrons. The van der Waals surface area contributed by atoms with Crippen LogP contribution in [0.4, 0.5) is 0 Å². The molecule has 0 bridgehead atoms. The number of rotatable bonds is 6. The highest BCUT2D eigenvalue weighted by molar-refractivity contribution is 9.10. The summed E-state index contributed by atoms with van der Waals surface area (Å²) in [4.78, 5) is 27.5. The number of hydrogen-bond acceptors (Lipinski definition) is 4. The summed E-state index contributed by atoms with van der Waals surface area (Å²) in [6.45, 7) is 0.177. The number of benzene rings is 2. The van der Waals surface area contributed by atoms with E-state index >= 15 is 0 Å². The summed E-state index contributed by atoms with van der Waals surface area (Å²) >= 11 is 3.38. The summed E-state index contributed by atoms with van der Waals surface area (Å²) in [5.74, 6) is 0.366. The predicted octanol–water partition coefficient (Wildman–Crippen LogP) is 4.11. The van der Waals surface area contributed by atoms with Crippen LogP contribution in [0.5, 0.6) is 5.75 Å². The van der Waals surface area contributed by atoms with Crippen molar-refractivity contribution >= 4 is 38.6 Å². The van der Waals surface area contributed by atoms with Crippen molar-refractivity contribution in [3.63, 3.8) is 0 Å². The Morgan fingerprint density at radius 1 is 1.03 bits per heavy atom. The molecule has 0 unspecified atom stereocenters. The molecule has 2 aromatic carbocycles.